The average Bonchev–Trinajstić information content (AvgIpc) is 3.01. The fourth-order valence-corrected chi connectivity index (χ4v) is 3.74. The van der Waals surface area contributed by atoms with E-state index in [1.807, 2.05) is 24.3 Å². The SMILES string of the molecule is O=C1CN(C2CCOc3ccccc32)C(=O)C2CCCN12. The molecule has 2 amide bonds. The molecule has 3 heterocycles. The number of para-hydroxylation sites is 1. The van der Waals surface area contributed by atoms with Gasteiger partial charge in [-0.3, -0.25) is 9.59 Å². The molecule has 5 nitrogen and oxygen atoms in total. The second kappa shape index (κ2) is 4.76. The van der Waals surface area contributed by atoms with Gasteiger partial charge in [0, 0.05) is 18.5 Å². The Hall–Kier alpha value is -2.04. The van der Waals surface area contributed by atoms with Gasteiger partial charge in [0.05, 0.1) is 12.6 Å². The van der Waals surface area contributed by atoms with E-state index in [1.54, 1.807) is 9.80 Å². The highest BCUT2D eigenvalue weighted by Gasteiger charge is 2.45. The fraction of sp³-hybridized carbons (Fsp3) is 0.500. The fourth-order valence-electron chi connectivity index (χ4n) is 3.74. The number of hydrogen-bond donors (Lipinski definition) is 0. The molecule has 21 heavy (non-hydrogen) atoms. The first-order chi connectivity index (χ1) is 10.3. The Bertz CT molecular complexity index is 601. The van der Waals surface area contributed by atoms with Gasteiger partial charge in [-0.2, -0.15) is 0 Å². The Morgan fingerprint density at radius 3 is 2.81 bits per heavy atom. The molecule has 110 valence electrons. The Morgan fingerprint density at radius 1 is 1.05 bits per heavy atom. The minimum atomic E-state index is -0.235. The van der Waals surface area contributed by atoms with Crippen molar-refractivity contribution < 1.29 is 14.3 Å². The van der Waals surface area contributed by atoms with Gasteiger partial charge in [-0.15, -0.1) is 0 Å². The first kappa shape index (κ1) is 12.7. The van der Waals surface area contributed by atoms with Crippen molar-refractivity contribution in [1.82, 2.24) is 9.80 Å². The summed E-state index contributed by atoms with van der Waals surface area (Å²) in [5, 5.41) is 0. The van der Waals surface area contributed by atoms with Crippen molar-refractivity contribution in [2.45, 2.75) is 31.3 Å². The highest BCUT2D eigenvalue weighted by molar-refractivity contribution is 5.95. The van der Waals surface area contributed by atoms with Gasteiger partial charge in [0.25, 0.3) is 0 Å². The zero-order valence-electron chi connectivity index (χ0n) is 11.8. The quantitative estimate of drug-likeness (QED) is 0.783. The highest BCUT2D eigenvalue weighted by Crippen LogP contribution is 2.38. The third kappa shape index (κ3) is 1.91. The van der Waals surface area contributed by atoms with E-state index in [2.05, 4.69) is 0 Å². The van der Waals surface area contributed by atoms with Gasteiger partial charge in [-0.1, -0.05) is 18.2 Å². The van der Waals surface area contributed by atoms with E-state index in [0.29, 0.717) is 6.61 Å². The summed E-state index contributed by atoms with van der Waals surface area (Å²) in [4.78, 5) is 28.6. The van der Waals surface area contributed by atoms with Gasteiger partial charge in [-0.25, -0.2) is 0 Å². The second-order valence-corrected chi connectivity index (χ2v) is 5.90. The molecule has 0 bridgehead atoms. The summed E-state index contributed by atoms with van der Waals surface area (Å²) in [5.74, 6) is 1.03. The maximum atomic E-state index is 12.8. The van der Waals surface area contributed by atoms with Crippen LogP contribution < -0.4 is 4.74 Å². The molecule has 4 rings (SSSR count). The topological polar surface area (TPSA) is 49.9 Å². The van der Waals surface area contributed by atoms with E-state index in [0.717, 1.165) is 37.1 Å². The molecule has 0 aliphatic carbocycles. The number of hydrogen-bond acceptors (Lipinski definition) is 3. The summed E-state index contributed by atoms with van der Waals surface area (Å²) in [6.07, 6.45) is 2.48. The number of rotatable bonds is 1. The number of amides is 2. The van der Waals surface area contributed by atoms with E-state index in [1.165, 1.54) is 0 Å². The summed E-state index contributed by atoms with van der Waals surface area (Å²) >= 11 is 0. The van der Waals surface area contributed by atoms with Crippen molar-refractivity contribution in [3.63, 3.8) is 0 Å². The Morgan fingerprint density at radius 2 is 1.90 bits per heavy atom. The van der Waals surface area contributed by atoms with Gasteiger partial charge < -0.3 is 14.5 Å². The normalized spacial score (nSPS) is 28.2. The summed E-state index contributed by atoms with van der Waals surface area (Å²) in [7, 11) is 0. The number of fused-ring (bicyclic) bond motifs is 2. The van der Waals surface area contributed by atoms with Crippen LogP contribution in [-0.2, 0) is 9.59 Å². The molecular formula is C16H18N2O3. The van der Waals surface area contributed by atoms with Crippen molar-refractivity contribution in [3.05, 3.63) is 29.8 Å². The van der Waals surface area contributed by atoms with E-state index < -0.39 is 0 Å². The maximum absolute atomic E-state index is 12.8. The van der Waals surface area contributed by atoms with Crippen LogP contribution in [0.1, 0.15) is 30.9 Å². The standard InChI is InChI=1S/C16H18N2O3/c19-15-10-18(16(20)13-5-3-8-17(13)15)12-7-9-21-14-6-2-1-4-11(12)14/h1-2,4,6,12-13H,3,5,7-10H2. The van der Waals surface area contributed by atoms with Crippen molar-refractivity contribution in [2.24, 2.45) is 0 Å². The number of piperazine rings is 1. The zero-order chi connectivity index (χ0) is 14.4. The van der Waals surface area contributed by atoms with Crippen LogP contribution in [0, 0.1) is 0 Å². The van der Waals surface area contributed by atoms with Crippen molar-refractivity contribution in [2.75, 3.05) is 19.7 Å². The van der Waals surface area contributed by atoms with Crippen LogP contribution in [0.5, 0.6) is 5.75 Å². The van der Waals surface area contributed by atoms with Crippen LogP contribution in [0.15, 0.2) is 24.3 Å². The van der Waals surface area contributed by atoms with Crippen LogP contribution in [0.4, 0.5) is 0 Å². The van der Waals surface area contributed by atoms with Gasteiger partial charge in [0.1, 0.15) is 18.3 Å². The van der Waals surface area contributed by atoms with E-state index in [4.69, 9.17) is 4.74 Å². The predicted molar refractivity (Wildman–Crippen MR) is 75.7 cm³/mol. The van der Waals surface area contributed by atoms with Crippen molar-refractivity contribution in [1.29, 1.82) is 0 Å². The van der Waals surface area contributed by atoms with E-state index in [-0.39, 0.29) is 30.4 Å². The second-order valence-electron chi connectivity index (χ2n) is 5.90. The molecular weight excluding hydrogens is 268 g/mol. The Labute approximate surface area is 123 Å². The van der Waals surface area contributed by atoms with Gasteiger partial charge in [-0.05, 0) is 18.9 Å². The lowest BCUT2D eigenvalue weighted by Gasteiger charge is -2.42. The van der Waals surface area contributed by atoms with E-state index >= 15 is 0 Å². The first-order valence-electron chi connectivity index (χ1n) is 7.57. The molecule has 0 spiro atoms. The van der Waals surface area contributed by atoms with Gasteiger partial charge in [0.15, 0.2) is 0 Å². The Kier molecular flexibility index (Phi) is 2.87. The third-order valence-electron chi connectivity index (χ3n) is 4.75. The Balaban J connectivity index is 1.68. The minimum Gasteiger partial charge on any atom is -0.493 e. The number of carbonyl (C=O) groups excluding carboxylic acids is 2. The minimum absolute atomic E-state index is 0.0332. The summed E-state index contributed by atoms with van der Waals surface area (Å²) in [6, 6.07) is 7.55. The maximum Gasteiger partial charge on any atom is 0.246 e. The molecule has 0 aromatic heterocycles. The van der Waals surface area contributed by atoms with Crippen LogP contribution in [0.25, 0.3) is 0 Å². The highest BCUT2D eigenvalue weighted by atomic mass is 16.5. The lowest BCUT2D eigenvalue weighted by Crippen LogP contribution is -2.58. The van der Waals surface area contributed by atoms with Crippen LogP contribution in [-0.4, -0.2) is 47.4 Å². The summed E-state index contributed by atoms with van der Waals surface area (Å²) in [6.45, 7) is 1.52. The molecule has 2 atom stereocenters. The molecule has 2 fully saturated rings. The predicted octanol–water partition coefficient (Wildman–Crippen LogP) is 1.34. The van der Waals surface area contributed by atoms with Crippen LogP contribution >= 0.6 is 0 Å². The van der Waals surface area contributed by atoms with Crippen LogP contribution in [0.2, 0.25) is 0 Å². The molecule has 0 saturated carbocycles. The smallest absolute Gasteiger partial charge is 0.246 e. The molecule has 0 N–H and O–H groups in total. The number of nitrogens with zero attached hydrogens (tertiary/aromatic N) is 2. The molecule has 5 heteroatoms. The van der Waals surface area contributed by atoms with Gasteiger partial charge in [0.2, 0.25) is 11.8 Å². The molecule has 0 radical (unpaired) electrons. The average molecular weight is 286 g/mol. The molecule has 3 aliphatic heterocycles. The summed E-state index contributed by atoms with van der Waals surface area (Å²) < 4.78 is 5.66. The number of ether oxygens (including phenoxy) is 1. The largest absolute Gasteiger partial charge is 0.493 e. The van der Waals surface area contributed by atoms with E-state index in [9.17, 15) is 9.59 Å². The summed E-state index contributed by atoms with van der Waals surface area (Å²) in [5.41, 5.74) is 1.02. The van der Waals surface area contributed by atoms with Gasteiger partial charge >= 0.3 is 0 Å². The molecule has 2 saturated heterocycles. The van der Waals surface area contributed by atoms with Crippen molar-refractivity contribution in [3.8, 4) is 5.75 Å². The van der Waals surface area contributed by atoms with Crippen LogP contribution in [0.3, 0.4) is 0 Å². The molecule has 1 aromatic rings. The number of carbonyl (C=O) groups is 2. The lowest BCUT2D eigenvalue weighted by atomic mass is 9.97. The zero-order valence-corrected chi connectivity index (χ0v) is 11.8. The first-order valence-corrected chi connectivity index (χ1v) is 7.57. The lowest BCUT2D eigenvalue weighted by molar-refractivity contribution is -0.156. The van der Waals surface area contributed by atoms with Crippen molar-refractivity contribution >= 4 is 11.8 Å². The molecule has 2 unspecified atom stereocenters. The monoisotopic (exact) mass is 286 g/mol. The third-order valence-corrected chi connectivity index (χ3v) is 4.75. The molecule has 1 aromatic carbocycles. The molecule has 3 aliphatic rings. The number of benzene rings is 1.